The number of nitrogens with zero attached hydrogens (tertiary/aromatic N) is 1. The Morgan fingerprint density at radius 1 is 1.33 bits per heavy atom. The molecule has 1 nitrogen and oxygen atoms in total. The maximum Gasteiger partial charge on any atom is 0.270 e. The Morgan fingerprint density at radius 2 is 2.07 bits per heavy atom. The van der Waals surface area contributed by atoms with Crippen molar-refractivity contribution in [3.63, 3.8) is 0 Å². The quantitative estimate of drug-likeness (QED) is 0.530. The predicted molar refractivity (Wildman–Crippen MR) is 66.3 cm³/mol. The first-order valence-corrected chi connectivity index (χ1v) is 6.94. The summed E-state index contributed by atoms with van der Waals surface area (Å²) in [5.74, 6) is 1.24. The van der Waals surface area contributed by atoms with E-state index in [1.807, 2.05) is 23.5 Å². The first-order chi connectivity index (χ1) is 6.90. The summed E-state index contributed by atoms with van der Waals surface area (Å²) in [6.07, 6.45) is 2.16. The molecule has 0 aliphatic carbocycles. The Bertz CT molecular complexity index is 338. The molecule has 0 radical (unpaired) electrons. The zero-order valence-electron chi connectivity index (χ0n) is 8.65. The summed E-state index contributed by atoms with van der Waals surface area (Å²) in [5, 5.41) is 0. The molecule has 0 aromatic heterocycles. The summed E-state index contributed by atoms with van der Waals surface area (Å²) in [7, 11) is 0. The Balaban J connectivity index is 0.00000112. The van der Waals surface area contributed by atoms with E-state index in [1.165, 1.54) is 22.2 Å². The number of halogens is 1. The summed E-state index contributed by atoms with van der Waals surface area (Å²) < 4.78 is 3.93. The van der Waals surface area contributed by atoms with Crippen LogP contribution >= 0.6 is 23.5 Å². The predicted octanol–water partition coefficient (Wildman–Crippen LogP) is -0.331. The summed E-state index contributed by atoms with van der Waals surface area (Å²) in [5.41, 5.74) is 1.40. The van der Waals surface area contributed by atoms with Crippen LogP contribution in [0.2, 0.25) is 0 Å². The molecule has 1 aliphatic rings. The number of rotatable bonds is 2. The number of thioether (sulfide) groups is 2. The van der Waals surface area contributed by atoms with Gasteiger partial charge in [0.15, 0.2) is 13.1 Å². The van der Waals surface area contributed by atoms with Crippen molar-refractivity contribution in [2.45, 2.75) is 6.54 Å². The minimum absolute atomic E-state index is 0. The number of hydrogen-bond donors (Lipinski definition) is 0. The Morgan fingerprint density at radius 3 is 2.73 bits per heavy atom. The molecular formula is C11H14INS2. The minimum Gasteiger partial charge on any atom is -1.00 e. The van der Waals surface area contributed by atoms with Crippen LogP contribution < -0.4 is 24.0 Å². The third-order valence-corrected chi connectivity index (χ3v) is 4.59. The van der Waals surface area contributed by atoms with Crippen molar-refractivity contribution in [1.29, 1.82) is 0 Å². The molecule has 0 unspecified atom stereocenters. The van der Waals surface area contributed by atoms with Gasteiger partial charge in [-0.25, -0.2) is 4.58 Å². The Labute approximate surface area is 117 Å². The molecule has 0 N–H and O–H groups in total. The molecular weight excluding hydrogens is 337 g/mol. The van der Waals surface area contributed by atoms with E-state index >= 15 is 0 Å². The summed E-state index contributed by atoms with van der Waals surface area (Å²) in [6.45, 7) is 2.25. The maximum atomic E-state index is 2.46. The molecule has 0 saturated carbocycles. The van der Waals surface area contributed by atoms with E-state index in [0.29, 0.717) is 0 Å². The van der Waals surface area contributed by atoms with Gasteiger partial charge in [-0.3, -0.25) is 0 Å². The van der Waals surface area contributed by atoms with Gasteiger partial charge in [0.05, 0.1) is 5.75 Å². The molecule has 0 spiro atoms. The standard InChI is InChI=1S/C11H14NS2.HI/c1-13-11-12(7-8-14-11)9-10-5-3-2-4-6-10;/h2-6H,7-9H2,1H3;1H/q+1;/p-1. The fraction of sp³-hybridized carbons (Fsp3) is 0.364. The molecule has 82 valence electrons. The first kappa shape index (κ1) is 13.4. The lowest BCUT2D eigenvalue weighted by molar-refractivity contribution is -0.531. The largest absolute Gasteiger partial charge is 1.00 e. The highest BCUT2D eigenvalue weighted by atomic mass is 127. The summed E-state index contributed by atoms with van der Waals surface area (Å²) in [6, 6.07) is 10.7. The molecule has 1 aromatic carbocycles. The highest BCUT2D eigenvalue weighted by Crippen LogP contribution is 2.21. The van der Waals surface area contributed by atoms with Crippen molar-refractivity contribution in [2.75, 3.05) is 18.6 Å². The molecule has 2 rings (SSSR count). The average molecular weight is 351 g/mol. The van der Waals surface area contributed by atoms with Crippen LogP contribution in [0.4, 0.5) is 0 Å². The summed E-state index contributed by atoms with van der Waals surface area (Å²) in [4.78, 5) is 0. The Kier molecular flexibility index (Phi) is 6.07. The van der Waals surface area contributed by atoms with Gasteiger partial charge < -0.3 is 24.0 Å². The van der Waals surface area contributed by atoms with Crippen molar-refractivity contribution in [3.05, 3.63) is 35.9 Å². The molecule has 0 saturated heterocycles. The molecule has 0 bridgehead atoms. The zero-order valence-corrected chi connectivity index (χ0v) is 12.4. The van der Waals surface area contributed by atoms with Crippen LogP contribution in [-0.4, -0.2) is 27.5 Å². The average Bonchev–Trinajstić information content (AvgIpc) is 2.67. The SMILES string of the molecule is CSC1=[N+](Cc2ccccc2)CCS1.[I-]. The van der Waals surface area contributed by atoms with Crippen LogP contribution in [0.15, 0.2) is 30.3 Å². The second-order valence-corrected chi connectivity index (χ2v) is 5.36. The lowest BCUT2D eigenvalue weighted by Crippen LogP contribution is -3.00. The van der Waals surface area contributed by atoms with Gasteiger partial charge >= 0.3 is 0 Å². The van der Waals surface area contributed by atoms with E-state index in [0.717, 1.165) is 6.54 Å². The van der Waals surface area contributed by atoms with Crippen LogP contribution in [0.25, 0.3) is 0 Å². The highest BCUT2D eigenvalue weighted by Gasteiger charge is 2.21. The van der Waals surface area contributed by atoms with E-state index < -0.39 is 0 Å². The number of hydrogen-bond acceptors (Lipinski definition) is 2. The number of benzene rings is 1. The van der Waals surface area contributed by atoms with Crippen LogP contribution in [0.5, 0.6) is 0 Å². The molecule has 1 aliphatic heterocycles. The van der Waals surface area contributed by atoms with Gasteiger partial charge in [-0.1, -0.05) is 42.1 Å². The highest BCUT2D eigenvalue weighted by molar-refractivity contribution is 8.38. The fourth-order valence-corrected chi connectivity index (χ4v) is 3.52. The molecule has 0 atom stereocenters. The minimum atomic E-state index is 0. The van der Waals surface area contributed by atoms with Crippen LogP contribution in [0.1, 0.15) is 5.56 Å². The third kappa shape index (κ3) is 3.67. The van der Waals surface area contributed by atoms with E-state index in [9.17, 15) is 0 Å². The second-order valence-electron chi connectivity index (χ2n) is 3.23. The van der Waals surface area contributed by atoms with Gasteiger partial charge in [0.2, 0.25) is 0 Å². The first-order valence-electron chi connectivity index (χ1n) is 4.73. The summed E-state index contributed by atoms with van der Waals surface area (Å²) >= 11 is 3.84. The van der Waals surface area contributed by atoms with Gasteiger partial charge in [-0.05, 0) is 18.0 Å². The lowest BCUT2D eigenvalue weighted by atomic mass is 10.2. The maximum absolute atomic E-state index is 2.46. The molecule has 1 heterocycles. The fourth-order valence-electron chi connectivity index (χ4n) is 1.56. The van der Waals surface area contributed by atoms with Crippen molar-refractivity contribution in [2.24, 2.45) is 0 Å². The van der Waals surface area contributed by atoms with Crippen molar-refractivity contribution in [1.82, 2.24) is 0 Å². The van der Waals surface area contributed by atoms with Crippen molar-refractivity contribution >= 4 is 27.9 Å². The van der Waals surface area contributed by atoms with E-state index in [-0.39, 0.29) is 24.0 Å². The van der Waals surface area contributed by atoms with E-state index in [2.05, 4.69) is 41.2 Å². The lowest BCUT2D eigenvalue weighted by Gasteiger charge is -1.99. The third-order valence-electron chi connectivity index (χ3n) is 2.24. The molecule has 1 aromatic rings. The van der Waals surface area contributed by atoms with Gasteiger partial charge in [-0.2, -0.15) is 0 Å². The second kappa shape index (κ2) is 6.81. The zero-order chi connectivity index (χ0) is 9.80. The van der Waals surface area contributed by atoms with Crippen LogP contribution in [0.3, 0.4) is 0 Å². The molecule has 0 fully saturated rings. The smallest absolute Gasteiger partial charge is 0.270 e. The van der Waals surface area contributed by atoms with E-state index in [1.54, 1.807) is 0 Å². The van der Waals surface area contributed by atoms with Crippen molar-refractivity contribution < 1.29 is 28.6 Å². The van der Waals surface area contributed by atoms with Gasteiger partial charge in [0, 0.05) is 5.56 Å². The van der Waals surface area contributed by atoms with Gasteiger partial charge in [-0.15, -0.1) is 0 Å². The monoisotopic (exact) mass is 351 g/mol. The Hall–Kier alpha value is 0.320. The molecule has 15 heavy (non-hydrogen) atoms. The van der Waals surface area contributed by atoms with Gasteiger partial charge in [0.1, 0.15) is 0 Å². The normalized spacial score (nSPS) is 15.3. The van der Waals surface area contributed by atoms with Crippen LogP contribution in [0, 0.1) is 0 Å². The van der Waals surface area contributed by atoms with Crippen LogP contribution in [-0.2, 0) is 6.54 Å². The van der Waals surface area contributed by atoms with Gasteiger partial charge in [0.25, 0.3) is 4.38 Å². The van der Waals surface area contributed by atoms with Crippen molar-refractivity contribution in [3.8, 4) is 0 Å². The topological polar surface area (TPSA) is 3.01 Å². The van der Waals surface area contributed by atoms with E-state index in [4.69, 9.17) is 0 Å². The molecule has 4 heteroatoms. The molecule has 0 amide bonds.